The molecule has 2 aromatic rings. The summed E-state index contributed by atoms with van der Waals surface area (Å²) in [5, 5.41) is 3.76. The number of aromatic nitrogens is 1. The summed E-state index contributed by atoms with van der Waals surface area (Å²) >= 11 is 9.52. The fourth-order valence-electron chi connectivity index (χ4n) is 1.56. The molecule has 5 heteroatoms. The van der Waals surface area contributed by atoms with E-state index in [1.165, 1.54) is 0 Å². The number of ether oxygens (including phenoxy) is 1. The Kier molecular flexibility index (Phi) is 4.58. The number of benzene rings is 1. The van der Waals surface area contributed by atoms with E-state index >= 15 is 0 Å². The lowest BCUT2D eigenvalue weighted by atomic mass is 10.2. The molecule has 0 radical (unpaired) electrons. The van der Waals surface area contributed by atoms with Crippen molar-refractivity contribution < 1.29 is 4.74 Å². The van der Waals surface area contributed by atoms with Crippen LogP contribution in [0.3, 0.4) is 0 Å². The topological polar surface area (TPSA) is 34.1 Å². The molecule has 0 aliphatic heterocycles. The van der Waals surface area contributed by atoms with Crippen LogP contribution in [0.4, 0.5) is 0 Å². The average Bonchev–Trinajstić information content (AvgIpc) is 2.34. The van der Waals surface area contributed by atoms with Gasteiger partial charge in [-0.3, -0.25) is 4.98 Å². The molecule has 0 saturated heterocycles. The second-order valence-corrected chi connectivity index (χ2v) is 5.01. The van der Waals surface area contributed by atoms with Crippen molar-refractivity contribution in [2.75, 3.05) is 7.05 Å². The minimum atomic E-state index is 0.649. The highest BCUT2D eigenvalue weighted by Crippen LogP contribution is 2.30. The zero-order chi connectivity index (χ0) is 13.0. The van der Waals surface area contributed by atoms with E-state index in [2.05, 4.69) is 26.2 Å². The lowest BCUT2D eigenvalue weighted by Gasteiger charge is -2.12. The van der Waals surface area contributed by atoms with E-state index in [9.17, 15) is 0 Å². The van der Waals surface area contributed by atoms with Crippen LogP contribution in [0.2, 0.25) is 5.02 Å². The molecule has 1 aromatic heterocycles. The summed E-state index contributed by atoms with van der Waals surface area (Å²) in [5.41, 5.74) is 0.932. The third kappa shape index (κ3) is 3.22. The van der Waals surface area contributed by atoms with Crippen molar-refractivity contribution in [3.63, 3.8) is 0 Å². The van der Waals surface area contributed by atoms with Gasteiger partial charge in [0.25, 0.3) is 0 Å². The molecule has 0 aliphatic rings. The van der Waals surface area contributed by atoms with E-state index in [1.54, 1.807) is 12.4 Å². The molecular formula is C13H12BrClN2O. The third-order valence-electron chi connectivity index (χ3n) is 2.34. The van der Waals surface area contributed by atoms with Gasteiger partial charge in [-0.2, -0.15) is 0 Å². The first-order chi connectivity index (χ1) is 8.70. The molecule has 0 bridgehead atoms. The lowest BCUT2D eigenvalue weighted by Crippen LogP contribution is -2.07. The fraction of sp³-hybridized carbons (Fsp3) is 0.154. The minimum Gasteiger partial charge on any atom is -0.455 e. The largest absolute Gasteiger partial charge is 0.455 e. The molecule has 1 heterocycles. The Bertz CT molecular complexity index is 548. The van der Waals surface area contributed by atoms with Crippen molar-refractivity contribution >= 4 is 27.5 Å². The number of halogens is 2. The zero-order valence-electron chi connectivity index (χ0n) is 9.78. The molecule has 0 atom stereocenters. The standard InChI is InChI=1S/C13H12BrClN2O/c1-16-8-11-12(15)3-2-4-13(11)18-10-5-9(14)6-17-7-10/h2-7,16H,8H2,1H3. The molecule has 0 saturated carbocycles. The maximum Gasteiger partial charge on any atom is 0.146 e. The Balaban J connectivity index is 2.31. The summed E-state index contributed by atoms with van der Waals surface area (Å²) in [5.74, 6) is 1.40. The van der Waals surface area contributed by atoms with Crippen LogP contribution in [0.1, 0.15) is 5.56 Å². The number of pyridine rings is 1. The van der Waals surface area contributed by atoms with Crippen LogP contribution >= 0.6 is 27.5 Å². The van der Waals surface area contributed by atoms with Gasteiger partial charge >= 0.3 is 0 Å². The van der Waals surface area contributed by atoms with E-state index in [4.69, 9.17) is 16.3 Å². The molecule has 1 N–H and O–H groups in total. The molecule has 0 spiro atoms. The number of hydrogen-bond acceptors (Lipinski definition) is 3. The van der Waals surface area contributed by atoms with Crippen molar-refractivity contribution in [2.45, 2.75) is 6.54 Å². The summed E-state index contributed by atoms with van der Waals surface area (Å²) in [6.07, 6.45) is 3.37. The van der Waals surface area contributed by atoms with Crippen molar-refractivity contribution in [1.82, 2.24) is 10.3 Å². The maximum absolute atomic E-state index is 6.16. The summed E-state index contributed by atoms with van der Waals surface area (Å²) < 4.78 is 6.68. The van der Waals surface area contributed by atoms with Gasteiger partial charge in [-0.1, -0.05) is 17.7 Å². The van der Waals surface area contributed by atoms with E-state index < -0.39 is 0 Å². The fourth-order valence-corrected chi connectivity index (χ4v) is 2.13. The highest BCUT2D eigenvalue weighted by molar-refractivity contribution is 9.10. The smallest absolute Gasteiger partial charge is 0.146 e. The van der Waals surface area contributed by atoms with Crippen LogP contribution in [0.15, 0.2) is 41.1 Å². The Morgan fingerprint density at radius 2 is 2.22 bits per heavy atom. The molecule has 0 aliphatic carbocycles. The van der Waals surface area contributed by atoms with Gasteiger partial charge in [-0.05, 0) is 41.2 Å². The van der Waals surface area contributed by atoms with Gasteiger partial charge in [0.1, 0.15) is 11.5 Å². The van der Waals surface area contributed by atoms with Crippen LogP contribution in [-0.4, -0.2) is 12.0 Å². The van der Waals surface area contributed by atoms with Crippen molar-refractivity contribution in [1.29, 1.82) is 0 Å². The molecule has 2 rings (SSSR count). The summed E-state index contributed by atoms with van der Waals surface area (Å²) in [6.45, 7) is 0.649. The Morgan fingerprint density at radius 1 is 1.39 bits per heavy atom. The van der Waals surface area contributed by atoms with E-state index in [-0.39, 0.29) is 0 Å². The zero-order valence-corrected chi connectivity index (χ0v) is 12.1. The highest BCUT2D eigenvalue weighted by atomic mass is 79.9. The summed E-state index contributed by atoms with van der Waals surface area (Å²) in [7, 11) is 1.87. The molecule has 1 aromatic carbocycles. The summed E-state index contributed by atoms with van der Waals surface area (Å²) in [4.78, 5) is 4.06. The first-order valence-corrected chi connectivity index (χ1v) is 6.58. The molecule has 18 heavy (non-hydrogen) atoms. The molecule has 0 amide bonds. The molecule has 0 fully saturated rings. The normalized spacial score (nSPS) is 10.4. The van der Waals surface area contributed by atoms with Crippen molar-refractivity contribution in [2.24, 2.45) is 0 Å². The first-order valence-electron chi connectivity index (χ1n) is 5.41. The van der Waals surface area contributed by atoms with Gasteiger partial charge in [0, 0.05) is 27.8 Å². The lowest BCUT2D eigenvalue weighted by molar-refractivity contribution is 0.472. The quantitative estimate of drug-likeness (QED) is 0.921. The Hall–Kier alpha value is -1.10. The molecule has 0 unspecified atom stereocenters. The van der Waals surface area contributed by atoms with Gasteiger partial charge in [-0.15, -0.1) is 0 Å². The van der Waals surface area contributed by atoms with Crippen LogP contribution in [0.25, 0.3) is 0 Å². The monoisotopic (exact) mass is 326 g/mol. The van der Waals surface area contributed by atoms with Crippen LogP contribution < -0.4 is 10.1 Å². The van der Waals surface area contributed by atoms with Crippen LogP contribution in [0.5, 0.6) is 11.5 Å². The van der Waals surface area contributed by atoms with Gasteiger partial charge in [0.05, 0.1) is 6.20 Å². The molecule has 94 valence electrons. The van der Waals surface area contributed by atoms with Crippen molar-refractivity contribution in [3.05, 3.63) is 51.7 Å². The van der Waals surface area contributed by atoms with Gasteiger partial charge in [0.15, 0.2) is 0 Å². The number of nitrogens with zero attached hydrogens (tertiary/aromatic N) is 1. The highest BCUT2D eigenvalue weighted by Gasteiger charge is 2.08. The second kappa shape index (κ2) is 6.18. The maximum atomic E-state index is 6.16. The van der Waals surface area contributed by atoms with Crippen LogP contribution in [0, 0.1) is 0 Å². The Labute approximate surface area is 119 Å². The first kappa shape index (κ1) is 13.3. The van der Waals surface area contributed by atoms with E-state index in [1.807, 2.05) is 31.3 Å². The SMILES string of the molecule is CNCc1c(Cl)cccc1Oc1cncc(Br)c1. The van der Waals surface area contributed by atoms with Gasteiger partial charge < -0.3 is 10.1 Å². The number of nitrogens with one attached hydrogen (secondary N) is 1. The number of rotatable bonds is 4. The van der Waals surface area contributed by atoms with Gasteiger partial charge in [0.2, 0.25) is 0 Å². The molecule has 3 nitrogen and oxygen atoms in total. The minimum absolute atomic E-state index is 0.649. The second-order valence-electron chi connectivity index (χ2n) is 3.69. The summed E-state index contributed by atoms with van der Waals surface area (Å²) in [6, 6.07) is 7.46. The van der Waals surface area contributed by atoms with E-state index in [0.29, 0.717) is 17.3 Å². The third-order valence-corrected chi connectivity index (χ3v) is 3.12. The van der Waals surface area contributed by atoms with Crippen LogP contribution in [-0.2, 0) is 6.54 Å². The van der Waals surface area contributed by atoms with Gasteiger partial charge in [-0.25, -0.2) is 0 Å². The predicted octanol–water partition coefficient (Wildman–Crippen LogP) is 4.01. The van der Waals surface area contributed by atoms with E-state index in [0.717, 1.165) is 15.8 Å². The molecular weight excluding hydrogens is 316 g/mol. The average molecular weight is 328 g/mol. The van der Waals surface area contributed by atoms with Crippen molar-refractivity contribution in [3.8, 4) is 11.5 Å². The Morgan fingerprint density at radius 3 is 2.94 bits per heavy atom. The number of hydrogen-bond donors (Lipinski definition) is 1. The predicted molar refractivity (Wildman–Crippen MR) is 76.2 cm³/mol.